The topological polar surface area (TPSA) is 72.5 Å². The zero-order chi connectivity index (χ0) is 13.4. The largest absolute Gasteiger partial charge is 0.480 e. The number of carboxylic acid groups (broad SMARTS) is 1. The van der Waals surface area contributed by atoms with E-state index in [-0.39, 0.29) is 0 Å². The predicted octanol–water partition coefficient (Wildman–Crippen LogP) is 2.56. The molecule has 4 heteroatoms. The number of rotatable bonds is 8. The van der Waals surface area contributed by atoms with Crippen LogP contribution in [0.3, 0.4) is 0 Å². The van der Waals surface area contributed by atoms with Gasteiger partial charge in [-0.25, -0.2) is 0 Å². The lowest BCUT2D eigenvalue weighted by Gasteiger charge is -2.24. The van der Waals surface area contributed by atoms with Crippen molar-refractivity contribution in [2.75, 3.05) is 13.2 Å². The Kier molecular flexibility index (Phi) is 6.65. The molecule has 1 saturated carbocycles. The van der Waals surface area contributed by atoms with Crippen LogP contribution in [-0.4, -0.2) is 29.8 Å². The van der Waals surface area contributed by atoms with Crippen molar-refractivity contribution in [2.45, 2.75) is 63.8 Å². The van der Waals surface area contributed by atoms with Gasteiger partial charge in [0.05, 0.1) is 0 Å². The highest BCUT2D eigenvalue weighted by Crippen LogP contribution is 2.23. The van der Waals surface area contributed by atoms with Crippen LogP contribution >= 0.6 is 0 Å². The number of carbonyl (C=O) groups is 1. The number of ether oxygens (including phenoxy) is 1. The summed E-state index contributed by atoms with van der Waals surface area (Å²) in [5.74, 6) is -0.190. The Morgan fingerprint density at radius 2 is 2.06 bits per heavy atom. The van der Waals surface area contributed by atoms with Gasteiger partial charge in [0.2, 0.25) is 0 Å². The Bertz CT molecular complexity index is 251. The number of hydrogen-bond acceptors (Lipinski definition) is 3. The van der Waals surface area contributed by atoms with Crippen LogP contribution in [0.25, 0.3) is 0 Å². The molecule has 0 aliphatic heterocycles. The zero-order valence-electron chi connectivity index (χ0n) is 11.5. The Hall–Kier alpha value is -0.610. The standard InChI is InChI=1S/C14H27NO3/c1-2-14(15,13(16)17)9-6-10-18-11-12-7-4-3-5-8-12/h12H,2-11,15H2,1H3,(H,16,17). The first-order valence-corrected chi connectivity index (χ1v) is 7.18. The molecule has 3 N–H and O–H groups in total. The van der Waals surface area contributed by atoms with Gasteiger partial charge in [0.15, 0.2) is 0 Å². The SMILES string of the molecule is CCC(N)(CCCOCC1CCCCC1)C(=O)O. The van der Waals surface area contributed by atoms with Gasteiger partial charge >= 0.3 is 5.97 Å². The molecule has 4 nitrogen and oxygen atoms in total. The molecule has 0 saturated heterocycles. The molecule has 1 unspecified atom stereocenters. The molecule has 0 aromatic heterocycles. The van der Waals surface area contributed by atoms with Gasteiger partial charge in [-0.2, -0.15) is 0 Å². The number of nitrogens with two attached hydrogens (primary N) is 1. The van der Waals surface area contributed by atoms with Gasteiger partial charge in [0.25, 0.3) is 0 Å². The minimum Gasteiger partial charge on any atom is -0.480 e. The summed E-state index contributed by atoms with van der Waals surface area (Å²) in [6.07, 6.45) is 8.26. The fraction of sp³-hybridized carbons (Fsp3) is 0.929. The number of hydrogen-bond donors (Lipinski definition) is 2. The van der Waals surface area contributed by atoms with E-state index in [0.29, 0.717) is 25.4 Å². The molecular weight excluding hydrogens is 230 g/mol. The van der Waals surface area contributed by atoms with Crippen molar-refractivity contribution in [3.63, 3.8) is 0 Å². The lowest BCUT2D eigenvalue weighted by atomic mass is 9.90. The fourth-order valence-electron chi connectivity index (χ4n) is 2.53. The van der Waals surface area contributed by atoms with Crippen LogP contribution < -0.4 is 5.73 Å². The van der Waals surface area contributed by atoms with Crippen molar-refractivity contribution in [3.05, 3.63) is 0 Å². The highest BCUT2D eigenvalue weighted by atomic mass is 16.5. The van der Waals surface area contributed by atoms with E-state index in [1.165, 1.54) is 32.1 Å². The Morgan fingerprint density at radius 3 is 2.61 bits per heavy atom. The van der Waals surface area contributed by atoms with Gasteiger partial charge in [-0.3, -0.25) is 4.79 Å². The van der Waals surface area contributed by atoms with Gasteiger partial charge < -0.3 is 15.6 Å². The summed E-state index contributed by atoms with van der Waals surface area (Å²) in [6.45, 7) is 3.27. The molecular formula is C14H27NO3. The maximum absolute atomic E-state index is 11.0. The smallest absolute Gasteiger partial charge is 0.323 e. The van der Waals surface area contributed by atoms with Crippen LogP contribution in [0, 0.1) is 5.92 Å². The van der Waals surface area contributed by atoms with Gasteiger partial charge in [-0.05, 0) is 38.0 Å². The molecule has 0 radical (unpaired) electrons. The molecule has 0 amide bonds. The fourth-order valence-corrected chi connectivity index (χ4v) is 2.53. The third-order valence-electron chi connectivity index (χ3n) is 4.05. The number of carboxylic acids is 1. The van der Waals surface area contributed by atoms with Crippen molar-refractivity contribution in [1.82, 2.24) is 0 Å². The summed E-state index contributed by atoms with van der Waals surface area (Å²) in [5.41, 5.74) is 4.73. The van der Waals surface area contributed by atoms with Gasteiger partial charge in [-0.15, -0.1) is 0 Å². The monoisotopic (exact) mass is 257 g/mol. The molecule has 0 heterocycles. The van der Waals surface area contributed by atoms with Crippen LogP contribution in [-0.2, 0) is 9.53 Å². The predicted molar refractivity (Wildman–Crippen MR) is 71.5 cm³/mol. The zero-order valence-corrected chi connectivity index (χ0v) is 11.5. The van der Waals surface area contributed by atoms with E-state index in [1.54, 1.807) is 0 Å². The maximum atomic E-state index is 11.0. The van der Waals surface area contributed by atoms with E-state index >= 15 is 0 Å². The minimum absolute atomic E-state index is 0.463. The summed E-state index contributed by atoms with van der Waals surface area (Å²) in [6, 6.07) is 0. The van der Waals surface area contributed by atoms with Crippen LogP contribution in [0.2, 0.25) is 0 Å². The van der Waals surface area contributed by atoms with Gasteiger partial charge in [0, 0.05) is 13.2 Å². The van der Waals surface area contributed by atoms with Crippen LogP contribution in [0.1, 0.15) is 58.3 Å². The van der Waals surface area contributed by atoms with Crippen molar-refractivity contribution in [1.29, 1.82) is 0 Å². The van der Waals surface area contributed by atoms with E-state index in [4.69, 9.17) is 15.6 Å². The highest BCUT2D eigenvalue weighted by molar-refractivity contribution is 5.78. The van der Waals surface area contributed by atoms with Gasteiger partial charge in [0.1, 0.15) is 5.54 Å². The average Bonchev–Trinajstić information content (AvgIpc) is 2.39. The Morgan fingerprint density at radius 1 is 1.39 bits per heavy atom. The molecule has 0 spiro atoms. The third kappa shape index (κ3) is 4.94. The van der Waals surface area contributed by atoms with Crippen molar-refractivity contribution in [2.24, 2.45) is 11.7 Å². The first-order valence-electron chi connectivity index (χ1n) is 7.18. The maximum Gasteiger partial charge on any atom is 0.323 e. The second-order valence-corrected chi connectivity index (χ2v) is 5.50. The lowest BCUT2D eigenvalue weighted by Crippen LogP contribution is -2.47. The second kappa shape index (κ2) is 7.74. The lowest BCUT2D eigenvalue weighted by molar-refractivity contribution is -0.143. The highest BCUT2D eigenvalue weighted by Gasteiger charge is 2.30. The number of aliphatic carboxylic acids is 1. The molecule has 1 fully saturated rings. The van der Waals surface area contributed by atoms with E-state index < -0.39 is 11.5 Å². The van der Waals surface area contributed by atoms with Crippen molar-refractivity contribution in [3.8, 4) is 0 Å². The normalized spacial score (nSPS) is 20.6. The molecule has 0 aromatic carbocycles. The molecule has 18 heavy (non-hydrogen) atoms. The molecule has 106 valence electrons. The molecule has 1 atom stereocenters. The Labute approximate surface area is 110 Å². The van der Waals surface area contributed by atoms with Crippen LogP contribution in [0.15, 0.2) is 0 Å². The minimum atomic E-state index is -1.08. The average molecular weight is 257 g/mol. The third-order valence-corrected chi connectivity index (χ3v) is 4.05. The summed E-state index contributed by atoms with van der Waals surface area (Å²) >= 11 is 0. The summed E-state index contributed by atoms with van der Waals surface area (Å²) in [7, 11) is 0. The van der Waals surface area contributed by atoms with Crippen LogP contribution in [0.5, 0.6) is 0 Å². The second-order valence-electron chi connectivity index (χ2n) is 5.50. The van der Waals surface area contributed by atoms with E-state index in [0.717, 1.165) is 13.0 Å². The molecule has 1 aliphatic carbocycles. The molecule has 1 rings (SSSR count). The van der Waals surface area contributed by atoms with Crippen molar-refractivity contribution < 1.29 is 14.6 Å². The Balaban J connectivity index is 2.08. The first kappa shape index (κ1) is 15.4. The van der Waals surface area contributed by atoms with Crippen LogP contribution in [0.4, 0.5) is 0 Å². The van der Waals surface area contributed by atoms with Gasteiger partial charge in [-0.1, -0.05) is 26.2 Å². The van der Waals surface area contributed by atoms with E-state index in [9.17, 15) is 4.79 Å². The van der Waals surface area contributed by atoms with Crippen molar-refractivity contribution >= 4 is 5.97 Å². The molecule has 0 bridgehead atoms. The quantitative estimate of drug-likeness (QED) is 0.655. The van der Waals surface area contributed by atoms with E-state index in [1.807, 2.05) is 6.92 Å². The van der Waals surface area contributed by atoms with E-state index in [2.05, 4.69) is 0 Å². The molecule has 0 aromatic rings. The summed E-state index contributed by atoms with van der Waals surface area (Å²) < 4.78 is 5.64. The first-order chi connectivity index (χ1) is 8.58. The summed E-state index contributed by atoms with van der Waals surface area (Å²) in [5, 5.41) is 9.03. The molecule has 1 aliphatic rings. The summed E-state index contributed by atoms with van der Waals surface area (Å²) in [4.78, 5) is 11.0.